The Kier molecular flexibility index (Phi) is 11.7. The fourth-order valence-corrected chi connectivity index (χ4v) is 2.81. The van der Waals surface area contributed by atoms with E-state index in [1.807, 2.05) is 0 Å². The maximum Gasteiger partial charge on any atom is 0.485 e. The van der Waals surface area contributed by atoms with Gasteiger partial charge in [-0.15, -0.1) is 0 Å². The SMILES string of the molecule is C[C]1C(C)=C(C)C(C)=C1C.C[C]1C(C)=C(C)C(C)=C1C.O=S(=O)([O-])C(F)(F)F.[Ti]. The number of rotatable bonds is 0. The van der Waals surface area contributed by atoms with E-state index in [2.05, 4.69) is 69.2 Å². The average Bonchev–Trinajstić information content (AvgIpc) is 2.85. The van der Waals surface area contributed by atoms with Crippen LogP contribution in [0, 0.1) is 11.8 Å². The fourth-order valence-electron chi connectivity index (χ4n) is 2.81. The van der Waals surface area contributed by atoms with Gasteiger partial charge >= 0.3 is 5.51 Å². The summed E-state index contributed by atoms with van der Waals surface area (Å²) < 4.78 is 58.9. The molecule has 0 saturated heterocycles. The maximum atomic E-state index is 10.7. The van der Waals surface area contributed by atoms with Crippen LogP contribution in [0.15, 0.2) is 44.6 Å². The minimum atomic E-state index is -6.09. The number of halogens is 3. The molecule has 0 saturated carbocycles. The predicted molar refractivity (Wildman–Crippen MR) is 107 cm³/mol. The third kappa shape index (κ3) is 7.53. The standard InChI is InChI=1S/2C10H15.CHF3O3S.Ti/c2*1-6-7(2)9(4)10(5)8(6)3;2-1(3,4)8(5,6)7;/h2*1-5H3;(H,5,6,7);/p-1. The Balaban J connectivity index is 0. The van der Waals surface area contributed by atoms with Gasteiger partial charge in [0.05, 0.1) is 0 Å². The van der Waals surface area contributed by atoms with E-state index >= 15 is 0 Å². The first-order valence-corrected chi connectivity index (χ1v) is 10.2. The van der Waals surface area contributed by atoms with E-state index in [-0.39, 0.29) is 21.7 Å². The van der Waals surface area contributed by atoms with Crippen LogP contribution in [0.1, 0.15) is 69.2 Å². The first-order valence-electron chi connectivity index (χ1n) is 8.77. The van der Waals surface area contributed by atoms with E-state index in [1.54, 1.807) is 0 Å². The molecular weight excluding hydrogens is 437 g/mol. The molecule has 2 aliphatic carbocycles. The monoisotopic (exact) mass is 467 g/mol. The number of hydrogen-bond donors (Lipinski definition) is 0. The van der Waals surface area contributed by atoms with Crippen molar-refractivity contribution in [1.29, 1.82) is 0 Å². The number of alkyl halides is 3. The Morgan fingerprint density at radius 3 is 0.724 bits per heavy atom. The second kappa shape index (κ2) is 11.1. The van der Waals surface area contributed by atoms with Crippen molar-refractivity contribution in [3.63, 3.8) is 0 Å². The van der Waals surface area contributed by atoms with Gasteiger partial charge in [0, 0.05) is 33.6 Å². The van der Waals surface area contributed by atoms with Gasteiger partial charge in [-0.3, -0.25) is 0 Å². The summed E-state index contributed by atoms with van der Waals surface area (Å²) in [5.74, 6) is 2.94. The minimum Gasteiger partial charge on any atom is -0.741 e. The third-order valence-electron chi connectivity index (χ3n) is 5.91. The first-order chi connectivity index (χ1) is 12.4. The van der Waals surface area contributed by atoms with Gasteiger partial charge in [0.2, 0.25) is 0 Å². The third-order valence-corrected chi connectivity index (χ3v) is 6.48. The molecule has 2 aliphatic rings. The summed E-state index contributed by atoms with van der Waals surface area (Å²) >= 11 is 0. The molecule has 0 aromatic heterocycles. The molecule has 2 radical (unpaired) electrons. The van der Waals surface area contributed by atoms with Gasteiger partial charge in [0.25, 0.3) is 0 Å². The summed E-state index contributed by atoms with van der Waals surface area (Å²) in [6.07, 6.45) is 0. The van der Waals surface area contributed by atoms with Crippen LogP contribution in [0.3, 0.4) is 0 Å². The van der Waals surface area contributed by atoms with Gasteiger partial charge in [0.15, 0.2) is 10.1 Å². The molecule has 0 N–H and O–H groups in total. The Bertz CT molecular complexity index is 747. The molecule has 0 aliphatic heterocycles. The topological polar surface area (TPSA) is 57.2 Å². The second-order valence-electron chi connectivity index (χ2n) is 7.15. The summed E-state index contributed by atoms with van der Waals surface area (Å²) in [6, 6.07) is 0. The van der Waals surface area contributed by atoms with Crippen molar-refractivity contribution >= 4 is 10.1 Å². The summed E-state index contributed by atoms with van der Waals surface area (Å²) in [6.45, 7) is 22.0. The quantitative estimate of drug-likeness (QED) is 0.230. The van der Waals surface area contributed by atoms with Crippen LogP contribution in [-0.4, -0.2) is 18.5 Å². The Hall–Kier alpha value is -0.626. The van der Waals surface area contributed by atoms with E-state index in [1.165, 1.54) is 56.4 Å². The smallest absolute Gasteiger partial charge is 0.485 e. The molecule has 164 valence electrons. The molecule has 29 heavy (non-hydrogen) atoms. The summed E-state index contributed by atoms with van der Waals surface area (Å²) in [5.41, 5.74) is 6.09. The van der Waals surface area contributed by atoms with Crippen molar-refractivity contribution in [3.8, 4) is 0 Å². The van der Waals surface area contributed by atoms with Gasteiger partial charge in [-0.2, -0.15) is 13.2 Å². The van der Waals surface area contributed by atoms with Crippen molar-refractivity contribution in [1.82, 2.24) is 0 Å². The summed E-state index contributed by atoms with van der Waals surface area (Å²) in [4.78, 5) is 0. The van der Waals surface area contributed by atoms with E-state index in [0.717, 1.165) is 0 Å². The zero-order valence-corrected chi connectivity index (χ0v) is 21.1. The number of hydrogen-bond acceptors (Lipinski definition) is 3. The van der Waals surface area contributed by atoms with Crippen LogP contribution < -0.4 is 0 Å². The molecule has 0 aromatic rings. The summed E-state index contributed by atoms with van der Waals surface area (Å²) in [7, 11) is -6.09. The van der Waals surface area contributed by atoms with E-state index < -0.39 is 15.6 Å². The zero-order valence-electron chi connectivity index (χ0n) is 18.8. The molecule has 0 spiro atoms. The Morgan fingerprint density at radius 1 is 0.552 bits per heavy atom. The van der Waals surface area contributed by atoms with Gasteiger partial charge in [-0.25, -0.2) is 8.42 Å². The van der Waals surface area contributed by atoms with Gasteiger partial charge in [-0.1, -0.05) is 36.1 Å². The molecule has 0 heterocycles. The molecule has 0 unspecified atom stereocenters. The minimum absolute atomic E-state index is 0. The van der Waals surface area contributed by atoms with Crippen LogP contribution in [0.25, 0.3) is 0 Å². The molecule has 0 amide bonds. The van der Waals surface area contributed by atoms with Crippen molar-refractivity contribution in [2.45, 2.75) is 74.7 Å². The molecule has 0 atom stereocenters. The van der Waals surface area contributed by atoms with Gasteiger partial charge < -0.3 is 4.55 Å². The first kappa shape index (κ1) is 30.6. The molecule has 8 heteroatoms. The van der Waals surface area contributed by atoms with Crippen molar-refractivity contribution < 1.29 is 47.9 Å². The fraction of sp³-hybridized carbons (Fsp3) is 0.524. The van der Waals surface area contributed by atoms with Crippen LogP contribution in [0.4, 0.5) is 13.2 Å². The zero-order chi connectivity index (χ0) is 22.8. The molecule has 2 rings (SSSR count). The largest absolute Gasteiger partial charge is 0.741 e. The molecule has 0 bridgehead atoms. The van der Waals surface area contributed by atoms with E-state index in [0.29, 0.717) is 0 Å². The van der Waals surface area contributed by atoms with Crippen LogP contribution in [0.5, 0.6) is 0 Å². The van der Waals surface area contributed by atoms with Crippen LogP contribution in [0.2, 0.25) is 0 Å². The molecular formula is C21H30F3O3STi-. The molecule has 3 nitrogen and oxygen atoms in total. The van der Waals surface area contributed by atoms with Crippen molar-refractivity contribution in [3.05, 3.63) is 56.4 Å². The molecule has 0 fully saturated rings. The van der Waals surface area contributed by atoms with E-state index in [4.69, 9.17) is 13.0 Å². The summed E-state index contributed by atoms with van der Waals surface area (Å²) in [5, 5.41) is 0. The maximum absolute atomic E-state index is 10.7. The second-order valence-corrected chi connectivity index (χ2v) is 8.52. The average molecular weight is 467 g/mol. The normalized spacial score (nSPS) is 18.6. The van der Waals surface area contributed by atoms with Crippen LogP contribution in [-0.2, 0) is 31.8 Å². The van der Waals surface area contributed by atoms with Gasteiger partial charge in [0.1, 0.15) is 0 Å². The predicted octanol–water partition coefficient (Wildman–Crippen LogP) is 6.58. The van der Waals surface area contributed by atoms with Crippen LogP contribution >= 0.6 is 0 Å². The Morgan fingerprint density at radius 2 is 0.690 bits per heavy atom. The molecule has 0 aromatic carbocycles. The van der Waals surface area contributed by atoms with E-state index in [9.17, 15) is 13.2 Å². The Labute approximate surface area is 188 Å². The van der Waals surface area contributed by atoms with Crippen molar-refractivity contribution in [2.24, 2.45) is 0 Å². The van der Waals surface area contributed by atoms with Gasteiger partial charge in [-0.05, 0) is 77.7 Å². The van der Waals surface area contributed by atoms with Crippen molar-refractivity contribution in [2.75, 3.05) is 0 Å². The number of allylic oxidation sites excluding steroid dienone is 8.